The molecule has 0 spiro atoms. The Labute approximate surface area is 160 Å². The fourth-order valence-electron chi connectivity index (χ4n) is 3.56. The Bertz CT molecular complexity index is 858. The Morgan fingerprint density at radius 2 is 2.07 bits per heavy atom. The summed E-state index contributed by atoms with van der Waals surface area (Å²) in [6.07, 6.45) is 4.40. The minimum Gasteiger partial charge on any atom is -0.495 e. The molecule has 27 heavy (non-hydrogen) atoms. The van der Waals surface area contributed by atoms with E-state index < -0.39 is 10.0 Å². The minimum absolute atomic E-state index is 0.000765. The fourth-order valence-corrected chi connectivity index (χ4v) is 5.44. The molecular weight excluding hydrogens is 366 g/mol. The monoisotopic (exact) mass is 391 g/mol. The average molecular weight is 391 g/mol. The minimum atomic E-state index is -3.78. The maximum atomic E-state index is 13.3. The van der Waals surface area contributed by atoms with Crippen LogP contribution in [0.2, 0.25) is 0 Å². The van der Waals surface area contributed by atoms with Crippen LogP contribution in [0.5, 0.6) is 5.75 Å². The molecule has 1 aliphatic carbocycles. The number of ether oxygens (including phenoxy) is 1. The summed E-state index contributed by atoms with van der Waals surface area (Å²) in [4.78, 5) is 14.4. The highest BCUT2D eigenvalue weighted by Gasteiger charge is 2.36. The van der Waals surface area contributed by atoms with Gasteiger partial charge in [-0.1, -0.05) is 6.42 Å². The van der Waals surface area contributed by atoms with Gasteiger partial charge in [0.15, 0.2) is 0 Å². The molecule has 146 valence electrons. The van der Waals surface area contributed by atoms with Crippen molar-refractivity contribution < 1.29 is 17.9 Å². The summed E-state index contributed by atoms with van der Waals surface area (Å²) in [5, 5.41) is 9.01. The Morgan fingerprint density at radius 3 is 2.67 bits per heavy atom. The molecule has 1 atom stereocenters. The van der Waals surface area contributed by atoms with Crippen molar-refractivity contribution in [2.45, 2.75) is 56.0 Å². The Balaban J connectivity index is 1.98. The van der Waals surface area contributed by atoms with E-state index in [1.165, 1.54) is 28.4 Å². The van der Waals surface area contributed by atoms with Crippen LogP contribution in [0.3, 0.4) is 0 Å². The van der Waals surface area contributed by atoms with Gasteiger partial charge in [0.25, 0.3) is 5.91 Å². The van der Waals surface area contributed by atoms with Crippen molar-refractivity contribution in [3.63, 3.8) is 0 Å². The van der Waals surface area contributed by atoms with Crippen LogP contribution in [-0.2, 0) is 10.0 Å². The Hall–Kier alpha value is -2.11. The molecule has 0 radical (unpaired) electrons. The molecular formula is C19H25N3O4S. The summed E-state index contributed by atoms with van der Waals surface area (Å²) >= 11 is 0. The number of carbonyl (C=O) groups is 1. The van der Waals surface area contributed by atoms with Gasteiger partial charge in [-0.3, -0.25) is 4.79 Å². The molecule has 1 aliphatic heterocycles. The first-order valence-electron chi connectivity index (χ1n) is 9.28. The number of rotatable bonds is 6. The SMILES string of the molecule is COc1ccc(C(=O)N(CC#N)C2CC2)cc1S(=O)(=O)N1CCCCC1C. The van der Waals surface area contributed by atoms with Gasteiger partial charge in [-0.2, -0.15) is 9.57 Å². The number of benzene rings is 1. The molecule has 1 saturated carbocycles. The third-order valence-corrected chi connectivity index (χ3v) is 7.26. The smallest absolute Gasteiger partial charge is 0.255 e. The number of amides is 1. The van der Waals surface area contributed by atoms with Gasteiger partial charge in [0.05, 0.1) is 13.2 Å². The van der Waals surface area contributed by atoms with Crippen LogP contribution in [0.15, 0.2) is 23.1 Å². The van der Waals surface area contributed by atoms with E-state index in [0.29, 0.717) is 6.54 Å². The van der Waals surface area contributed by atoms with Crippen molar-refractivity contribution in [1.82, 2.24) is 9.21 Å². The second-order valence-corrected chi connectivity index (χ2v) is 9.01. The number of hydrogen-bond acceptors (Lipinski definition) is 5. The molecule has 7 nitrogen and oxygen atoms in total. The number of nitrogens with zero attached hydrogens (tertiary/aromatic N) is 3. The van der Waals surface area contributed by atoms with Crippen LogP contribution in [0, 0.1) is 11.3 Å². The molecule has 0 N–H and O–H groups in total. The van der Waals surface area contributed by atoms with Gasteiger partial charge in [-0.15, -0.1) is 0 Å². The van der Waals surface area contributed by atoms with E-state index >= 15 is 0 Å². The largest absolute Gasteiger partial charge is 0.495 e. The Kier molecular flexibility index (Phi) is 5.72. The first-order chi connectivity index (χ1) is 12.9. The molecule has 1 amide bonds. The lowest BCUT2D eigenvalue weighted by atomic mass is 10.1. The number of hydrogen-bond donors (Lipinski definition) is 0. The lowest BCUT2D eigenvalue weighted by Crippen LogP contribution is -2.42. The molecule has 0 bridgehead atoms. The molecule has 2 aliphatic rings. The number of piperidine rings is 1. The summed E-state index contributed by atoms with van der Waals surface area (Å²) < 4.78 is 33.3. The van der Waals surface area contributed by atoms with Crippen LogP contribution in [0.1, 0.15) is 49.4 Å². The van der Waals surface area contributed by atoms with Crippen molar-refractivity contribution in [2.24, 2.45) is 0 Å². The van der Waals surface area contributed by atoms with Gasteiger partial charge in [-0.25, -0.2) is 8.42 Å². The molecule has 8 heteroatoms. The molecule has 2 fully saturated rings. The second kappa shape index (κ2) is 7.87. The maximum absolute atomic E-state index is 13.3. The van der Waals surface area contributed by atoms with E-state index in [4.69, 9.17) is 10.00 Å². The zero-order chi connectivity index (χ0) is 19.6. The lowest BCUT2D eigenvalue weighted by Gasteiger charge is -2.32. The molecule has 3 rings (SSSR count). The van der Waals surface area contributed by atoms with Gasteiger partial charge < -0.3 is 9.64 Å². The highest BCUT2D eigenvalue weighted by Crippen LogP contribution is 2.33. The van der Waals surface area contributed by atoms with Crippen molar-refractivity contribution >= 4 is 15.9 Å². The van der Waals surface area contributed by atoms with Gasteiger partial charge in [0.1, 0.15) is 17.2 Å². The summed E-state index contributed by atoms with van der Waals surface area (Å²) in [6, 6.07) is 6.48. The number of sulfonamides is 1. The van der Waals surface area contributed by atoms with E-state index in [1.807, 2.05) is 13.0 Å². The van der Waals surface area contributed by atoms with Crippen LogP contribution in [-0.4, -0.2) is 55.8 Å². The summed E-state index contributed by atoms with van der Waals surface area (Å²) in [6.45, 7) is 2.37. The van der Waals surface area contributed by atoms with E-state index in [-0.39, 0.29) is 40.7 Å². The van der Waals surface area contributed by atoms with Crippen molar-refractivity contribution in [2.75, 3.05) is 20.2 Å². The number of nitriles is 1. The molecule has 1 saturated heterocycles. The Morgan fingerprint density at radius 1 is 1.33 bits per heavy atom. The number of carbonyl (C=O) groups excluding carboxylic acids is 1. The van der Waals surface area contributed by atoms with Crippen molar-refractivity contribution in [1.29, 1.82) is 5.26 Å². The zero-order valence-electron chi connectivity index (χ0n) is 15.7. The predicted molar refractivity (Wildman–Crippen MR) is 99.9 cm³/mol. The van der Waals surface area contributed by atoms with Crippen molar-refractivity contribution in [3.05, 3.63) is 23.8 Å². The lowest BCUT2D eigenvalue weighted by molar-refractivity contribution is 0.0764. The molecule has 0 aromatic heterocycles. The van der Waals surface area contributed by atoms with Crippen molar-refractivity contribution in [3.8, 4) is 11.8 Å². The topological polar surface area (TPSA) is 90.7 Å². The van der Waals surface area contributed by atoms with Crippen LogP contribution in [0.4, 0.5) is 0 Å². The quantitative estimate of drug-likeness (QED) is 0.695. The van der Waals surface area contributed by atoms with Gasteiger partial charge in [0.2, 0.25) is 10.0 Å². The fraction of sp³-hybridized carbons (Fsp3) is 0.579. The summed E-state index contributed by atoms with van der Waals surface area (Å²) in [5.41, 5.74) is 0.265. The van der Waals surface area contributed by atoms with Crippen LogP contribution >= 0.6 is 0 Å². The first-order valence-corrected chi connectivity index (χ1v) is 10.7. The molecule has 1 aromatic rings. The standard InChI is InChI=1S/C19H25N3O4S/c1-14-5-3-4-11-22(14)27(24,25)18-13-15(6-9-17(18)26-2)19(23)21(12-10-20)16-7-8-16/h6,9,13-14,16H,3-5,7-8,11-12H2,1-2H3. The summed E-state index contributed by atoms with van der Waals surface area (Å²) in [5.74, 6) is -0.0903. The molecule has 1 heterocycles. The average Bonchev–Trinajstić information content (AvgIpc) is 3.50. The van der Waals surface area contributed by atoms with Gasteiger partial charge in [0, 0.05) is 24.2 Å². The number of methoxy groups -OCH3 is 1. The maximum Gasteiger partial charge on any atom is 0.255 e. The highest BCUT2D eigenvalue weighted by molar-refractivity contribution is 7.89. The second-order valence-electron chi connectivity index (χ2n) is 7.15. The third kappa shape index (κ3) is 3.94. The van der Waals surface area contributed by atoms with E-state index in [0.717, 1.165) is 32.1 Å². The van der Waals surface area contributed by atoms with E-state index in [2.05, 4.69) is 0 Å². The normalized spacial score (nSPS) is 20.7. The van der Waals surface area contributed by atoms with Gasteiger partial charge >= 0.3 is 0 Å². The van der Waals surface area contributed by atoms with Crippen LogP contribution < -0.4 is 4.74 Å². The molecule has 1 aromatic carbocycles. The first kappa shape index (κ1) is 19.6. The van der Waals surface area contributed by atoms with Crippen LogP contribution in [0.25, 0.3) is 0 Å². The predicted octanol–water partition coefficient (Wildman–Crippen LogP) is 2.39. The third-order valence-electron chi connectivity index (χ3n) is 5.23. The van der Waals surface area contributed by atoms with Gasteiger partial charge in [-0.05, 0) is 50.8 Å². The van der Waals surface area contributed by atoms with E-state index in [1.54, 1.807) is 6.07 Å². The zero-order valence-corrected chi connectivity index (χ0v) is 16.5. The van der Waals surface area contributed by atoms with E-state index in [9.17, 15) is 13.2 Å². The summed E-state index contributed by atoms with van der Waals surface area (Å²) in [7, 11) is -2.36. The highest BCUT2D eigenvalue weighted by atomic mass is 32.2. The molecule has 1 unspecified atom stereocenters.